The SMILES string of the molecule is CCCC1=CC(=C=O)CC=C1OC(C(=O)NS(=O)(=O)c1ccc(OC)cc1OC)c1ccc2c(c1)OCO2. The molecule has 0 bridgehead atoms. The van der Waals surface area contributed by atoms with E-state index < -0.39 is 22.0 Å². The average Bonchev–Trinajstić information content (AvgIpc) is 3.39. The van der Waals surface area contributed by atoms with Gasteiger partial charge in [0.2, 0.25) is 12.9 Å². The van der Waals surface area contributed by atoms with Gasteiger partial charge in [-0.3, -0.25) is 4.79 Å². The summed E-state index contributed by atoms with van der Waals surface area (Å²) >= 11 is 0. The fourth-order valence-electron chi connectivity index (χ4n) is 4.05. The summed E-state index contributed by atoms with van der Waals surface area (Å²) in [5, 5.41) is 0. The number of sulfonamides is 1. The number of hydrogen-bond donors (Lipinski definition) is 1. The lowest BCUT2D eigenvalue weighted by atomic mass is 9.97. The number of benzene rings is 2. The first-order valence-electron chi connectivity index (χ1n) is 11.8. The van der Waals surface area contributed by atoms with Gasteiger partial charge in [-0.1, -0.05) is 19.4 Å². The maximum Gasteiger partial charge on any atom is 0.279 e. The highest BCUT2D eigenvalue weighted by Gasteiger charge is 2.32. The highest BCUT2D eigenvalue weighted by Crippen LogP contribution is 2.37. The Kier molecular flexibility index (Phi) is 8.09. The molecule has 1 aliphatic heterocycles. The first-order valence-corrected chi connectivity index (χ1v) is 13.3. The fourth-order valence-corrected chi connectivity index (χ4v) is 5.18. The molecule has 0 fully saturated rings. The molecule has 0 saturated carbocycles. The van der Waals surface area contributed by atoms with Crippen LogP contribution in [0.25, 0.3) is 0 Å². The maximum absolute atomic E-state index is 13.5. The Bertz CT molecular complexity index is 1450. The number of ether oxygens (including phenoxy) is 5. The average molecular weight is 542 g/mol. The van der Waals surface area contributed by atoms with Gasteiger partial charge in [-0.05, 0) is 48.4 Å². The van der Waals surface area contributed by atoms with E-state index in [1.807, 2.05) is 12.9 Å². The Morgan fingerprint density at radius 3 is 2.61 bits per heavy atom. The number of allylic oxidation sites excluding steroid dienone is 4. The quantitative estimate of drug-likeness (QED) is 0.447. The number of hydrogen-bond acceptors (Lipinski definition) is 9. The van der Waals surface area contributed by atoms with Gasteiger partial charge in [0.15, 0.2) is 11.5 Å². The van der Waals surface area contributed by atoms with E-state index in [9.17, 15) is 18.0 Å². The number of fused-ring (bicyclic) bond motifs is 1. The molecular weight excluding hydrogens is 514 g/mol. The monoisotopic (exact) mass is 541 g/mol. The van der Waals surface area contributed by atoms with Gasteiger partial charge in [0.25, 0.3) is 15.9 Å². The Morgan fingerprint density at radius 1 is 1.11 bits per heavy atom. The van der Waals surface area contributed by atoms with E-state index >= 15 is 0 Å². The van der Waals surface area contributed by atoms with Crippen LogP contribution in [-0.4, -0.2) is 41.3 Å². The molecule has 10 nitrogen and oxygen atoms in total. The van der Waals surface area contributed by atoms with Crippen LogP contribution in [0.5, 0.6) is 23.0 Å². The number of rotatable bonds is 10. The predicted molar refractivity (Wildman–Crippen MR) is 136 cm³/mol. The molecular formula is C27H27NO9S. The Balaban J connectivity index is 1.69. The first kappa shape index (κ1) is 26.8. The lowest BCUT2D eigenvalue weighted by Gasteiger charge is -2.24. The van der Waals surface area contributed by atoms with Gasteiger partial charge < -0.3 is 23.7 Å². The van der Waals surface area contributed by atoms with Crippen molar-refractivity contribution >= 4 is 21.9 Å². The third kappa shape index (κ3) is 5.69. The highest BCUT2D eigenvalue weighted by atomic mass is 32.2. The van der Waals surface area contributed by atoms with Crippen molar-refractivity contribution in [2.24, 2.45) is 0 Å². The van der Waals surface area contributed by atoms with Gasteiger partial charge in [0.05, 0.1) is 14.2 Å². The Hall–Kier alpha value is -4.21. The van der Waals surface area contributed by atoms with Gasteiger partial charge in [-0.2, -0.15) is 0 Å². The zero-order chi connectivity index (χ0) is 27.3. The summed E-state index contributed by atoms with van der Waals surface area (Å²) in [6.45, 7) is 1.99. The minimum Gasteiger partial charge on any atom is -0.497 e. The van der Waals surface area contributed by atoms with Gasteiger partial charge in [0, 0.05) is 23.6 Å². The highest BCUT2D eigenvalue weighted by molar-refractivity contribution is 7.90. The summed E-state index contributed by atoms with van der Waals surface area (Å²) < 4.78 is 55.9. The maximum atomic E-state index is 13.5. The van der Waals surface area contributed by atoms with Crippen molar-refractivity contribution in [1.29, 1.82) is 0 Å². The second-order valence-corrected chi connectivity index (χ2v) is 10.1. The molecule has 2 aromatic rings. The third-order valence-electron chi connectivity index (χ3n) is 5.90. The van der Waals surface area contributed by atoms with E-state index in [0.717, 1.165) is 6.42 Å². The molecule has 0 aromatic heterocycles. The van der Waals surface area contributed by atoms with Crippen molar-refractivity contribution in [2.75, 3.05) is 21.0 Å². The standard InChI is InChI=1S/C27H27NO9S/c1-4-5-18-12-17(15-29)6-9-21(18)37-26(19-7-10-22-23(13-19)36-16-35-22)27(30)28-38(31,32)25-11-8-20(33-2)14-24(25)34-3/h7-14,26H,4-6,16H2,1-3H3,(H,28,30). The molecule has 1 aliphatic carbocycles. The molecule has 2 aliphatic rings. The van der Waals surface area contributed by atoms with Crippen LogP contribution in [0.3, 0.4) is 0 Å². The second-order valence-electron chi connectivity index (χ2n) is 8.42. The van der Waals surface area contributed by atoms with E-state index in [4.69, 9.17) is 23.7 Å². The van der Waals surface area contributed by atoms with Crippen LogP contribution in [0.15, 0.2) is 70.4 Å². The van der Waals surface area contributed by atoms with Crippen LogP contribution in [0, 0.1) is 0 Å². The minimum absolute atomic E-state index is 0.00142. The molecule has 0 radical (unpaired) electrons. The predicted octanol–water partition coefficient (Wildman–Crippen LogP) is 3.77. The minimum atomic E-state index is -4.37. The fraction of sp³-hybridized carbons (Fsp3) is 0.296. The molecule has 2 aromatic carbocycles. The Morgan fingerprint density at radius 2 is 1.89 bits per heavy atom. The molecule has 0 saturated heterocycles. The summed E-state index contributed by atoms with van der Waals surface area (Å²) in [7, 11) is -1.62. The molecule has 1 unspecified atom stereocenters. The van der Waals surface area contributed by atoms with Crippen molar-refractivity contribution in [1.82, 2.24) is 4.72 Å². The summed E-state index contributed by atoms with van der Waals surface area (Å²) in [5.74, 6) is 2.62. The largest absolute Gasteiger partial charge is 0.497 e. The number of nitrogens with one attached hydrogen (secondary N) is 1. The molecule has 1 N–H and O–H groups in total. The van der Waals surface area contributed by atoms with E-state index in [-0.39, 0.29) is 23.9 Å². The summed E-state index contributed by atoms with van der Waals surface area (Å²) in [6.07, 6.45) is 3.58. The topological polar surface area (TPSA) is 126 Å². The molecule has 1 atom stereocenters. The zero-order valence-electron chi connectivity index (χ0n) is 21.1. The van der Waals surface area contributed by atoms with Crippen LogP contribution in [0.1, 0.15) is 37.9 Å². The van der Waals surface area contributed by atoms with Crippen LogP contribution < -0.4 is 23.7 Å². The first-order chi connectivity index (χ1) is 18.3. The molecule has 1 heterocycles. The number of amides is 1. The number of carbonyl (C=O) groups is 1. The van der Waals surface area contributed by atoms with Crippen molar-refractivity contribution in [3.05, 3.63) is 71.0 Å². The molecule has 11 heteroatoms. The molecule has 38 heavy (non-hydrogen) atoms. The summed E-state index contributed by atoms with van der Waals surface area (Å²) in [5.41, 5.74) is 1.51. The van der Waals surface area contributed by atoms with Crippen molar-refractivity contribution in [2.45, 2.75) is 37.2 Å². The van der Waals surface area contributed by atoms with Crippen molar-refractivity contribution in [3.8, 4) is 23.0 Å². The van der Waals surface area contributed by atoms with Gasteiger partial charge in [-0.25, -0.2) is 17.9 Å². The molecule has 4 rings (SSSR count). The van der Waals surface area contributed by atoms with Crippen molar-refractivity contribution in [3.63, 3.8) is 0 Å². The smallest absolute Gasteiger partial charge is 0.279 e. The zero-order valence-corrected chi connectivity index (χ0v) is 21.9. The lowest BCUT2D eigenvalue weighted by molar-refractivity contribution is -0.128. The van der Waals surface area contributed by atoms with Gasteiger partial charge in [-0.15, -0.1) is 0 Å². The van der Waals surface area contributed by atoms with Gasteiger partial charge in [0.1, 0.15) is 28.1 Å². The second kappa shape index (κ2) is 11.5. The Labute approximate surface area is 220 Å². The van der Waals surface area contributed by atoms with Crippen molar-refractivity contribution < 1.29 is 41.7 Å². The molecule has 0 spiro atoms. The van der Waals surface area contributed by atoms with Crippen LogP contribution in [0.2, 0.25) is 0 Å². The van der Waals surface area contributed by atoms with E-state index in [0.29, 0.717) is 46.1 Å². The van der Waals surface area contributed by atoms with Crippen LogP contribution in [-0.2, 0) is 24.3 Å². The summed E-state index contributed by atoms with van der Waals surface area (Å²) in [4.78, 5) is 24.5. The third-order valence-corrected chi connectivity index (χ3v) is 7.29. The summed E-state index contributed by atoms with van der Waals surface area (Å²) in [6, 6.07) is 8.91. The molecule has 200 valence electrons. The van der Waals surface area contributed by atoms with E-state index in [1.54, 1.807) is 30.4 Å². The van der Waals surface area contributed by atoms with Gasteiger partial charge >= 0.3 is 0 Å². The molecule has 1 amide bonds. The van der Waals surface area contributed by atoms with Crippen LogP contribution in [0.4, 0.5) is 0 Å². The number of carbonyl (C=O) groups excluding carboxylic acids is 2. The van der Waals surface area contributed by atoms with E-state index in [1.165, 1.54) is 32.4 Å². The van der Waals surface area contributed by atoms with E-state index in [2.05, 4.69) is 4.72 Å². The lowest BCUT2D eigenvalue weighted by Crippen LogP contribution is -2.36. The normalized spacial score (nSPS) is 15.1. The van der Waals surface area contributed by atoms with Crippen LogP contribution >= 0.6 is 0 Å². The number of methoxy groups -OCH3 is 2.